The number of nitrogens with two attached hydrogens (primary N) is 1. The van der Waals surface area contributed by atoms with E-state index < -0.39 is 17.7 Å². The molecule has 37 heavy (non-hydrogen) atoms. The molecule has 13 heteroatoms. The van der Waals surface area contributed by atoms with E-state index in [-0.39, 0.29) is 6.42 Å². The minimum Gasteiger partial charge on any atom is -0.486 e. The molecule has 1 atom stereocenters. The number of imidazole rings is 1. The van der Waals surface area contributed by atoms with Gasteiger partial charge in [-0.3, -0.25) is 4.79 Å². The Balaban J connectivity index is 1.11. The smallest absolute Gasteiger partial charge is 0.260 e. The largest absolute Gasteiger partial charge is 0.486 e. The molecule has 2 fully saturated rings. The molecule has 1 aliphatic carbocycles. The van der Waals surface area contributed by atoms with Gasteiger partial charge in [0, 0.05) is 35.4 Å². The minimum atomic E-state index is -2.81. The van der Waals surface area contributed by atoms with Gasteiger partial charge >= 0.3 is 0 Å². The van der Waals surface area contributed by atoms with Crippen molar-refractivity contribution in [3.63, 3.8) is 0 Å². The zero-order valence-electron chi connectivity index (χ0n) is 19.8. The summed E-state index contributed by atoms with van der Waals surface area (Å²) in [4.78, 5) is 28.4. The van der Waals surface area contributed by atoms with Gasteiger partial charge in [-0.1, -0.05) is 0 Å². The molecule has 196 valence electrons. The van der Waals surface area contributed by atoms with Gasteiger partial charge in [0.2, 0.25) is 5.91 Å². The number of benzene rings is 1. The average Bonchev–Trinajstić information content (AvgIpc) is 3.31. The Hall–Kier alpha value is -2.67. The molecule has 1 saturated carbocycles. The van der Waals surface area contributed by atoms with Crippen LogP contribution in [0.25, 0.3) is 11.5 Å². The highest BCUT2D eigenvalue weighted by atomic mass is 79.9. The van der Waals surface area contributed by atoms with Crippen LogP contribution in [0.5, 0.6) is 11.5 Å². The van der Waals surface area contributed by atoms with E-state index in [2.05, 4.69) is 25.9 Å². The predicted octanol–water partition coefficient (Wildman–Crippen LogP) is 4.33. The van der Waals surface area contributed by atoms with Crippen molar-refractivity contribution in [1.29, 1.82) is 0 Å². The third-order valence-electron chi connectivity index (χ3n) is 7.10. The first-order chi connectivity index (χ1) is 17.8. The fraction of sp³-hybridized carbons (Fsp3) is 0.500. The number of aryl methyl sites for hydroxylation is 1. The van der Waals surface area contributed by atoms with Gasteiger partial charge in [-0.25, -0.2) is 23.7 Å². The molecule has 4 heterocycles. The van der Waals surface area contributed by atoms with Gasteiger partial charge in [-0.2, -0.15) is 0 Å². The molecule has 0 aromatic heterocycles. The number of carbonyl (C=O) groups excluding carboxylic acids is 1. The number of rotatable bonds is 6. The maximum absolute atomic E-state index is 13.3. The number of likely N-dealkylation sites (tertiary alicyclic amines) is 1. The first kappa shape index (κ1) is 24.7. The number of ether oxygens (including phenoxy) is 2. The van der Waals surface area contributed by atoms with Crippen LogP contribution in [0.2, 0.25) is 0 Å². The van der Waals surface area contributed by atoms with E-state index in [9.17, 15) is 13.6 Å². The van der Waals surface area contributed by atoms with Crippen molar-refractivity contribution in [1.82, 2.24) is 24.4 Å². The summed E-state index contributed by atoms with van der Waals surface area (Å²) in [6.07, 6.45) is 3.81. The van der Waals surface area contributed by atoms with Crippen LogP contribution in [0, 0.1) is 11.8 Å². The third kappa shape index (κ3) is 4.95. The number of aromatic nitrogens is 4. The molecule has 4 aliphatic heterocycles. The van der Waals surface area contributed by atoms with Crippen molar-refractivity contribution in [2.75, 3.05) is 32.0 Å². The van der Waals surface area contributed by atoms with Crippen LogP contribution in [0.3, 0.4) is 0 Å². The van der Waals surface area contributed by atoms with Crippen LogP contribution in [0.15, 0.2) is 33.0 Å². The van der Waals surface area contributed by atoms with Crippen molar-refractivity contribution in [3.05, 3.63) is 22.9 Å². The summed E-state index contributed by atoms with van der Waals surface area (Å²) >= 11 is 4.98. The van der Waals surface area contributed by atoms with E-state index >= 15 is 0 Å². The Morgan fingerprint density at radius 2 is 1.89 bits per heavy atom. The number of nitrogens with zero attached hydrogens (tertiary/aromatic N) is 5. The lowest BCUT2D eigenvalue weighted by molar-refractivity contribution is -0.136. The predicted molar refractivity (Wildman–Crippen MR) is 135 cm³/mol. The zero-order valence-corrected chi connectivity index (χ0v) is 22.2. The van der Waals surface area contributed by atoms with Crippen LogP contribution in [-0.4, -0.2) is 62.6 Å². The highest BCUT2D eigenvalue weighted by Gasteiger charge is 2.62. The highest BCUT2D eigenvalue weighted by molar-refractivity contribution is 9.10. The molecule has 0 bridgehead atoms. The van der Waals surface area contributed by atoms with E-state index in [1.165, 1.54) is 11.8 Å². The summed E-state index contributed by atoms with van der Waals surface area (Å²) in [5.74, 6) is -1.58. The van der Waals surface area contributed by atoms with E-state index in [1.807, 2.05) is 16.7 Å². The van der Waals surface area contributed by atoms with Crippen molar-refractivity contribution < 1.29 is 23.0 Å². The lowest BCUT2D eigenvalue weighted by Crippen LogP contribution is -2.40. The second kappa shape index (κ2) is 9.57. The van der Waals surface area contributed by atoms with Gasteiger partial charge in [0.05, 0.1) is 6.33 Å². The van der Waals surface area contributed by atoms with Crippen LogP contribution in [0.1, 0.15) is 25.7 Å². The number of carbonyl (C=O) groups is 1. The second-order valence-electron chi connectivity index (χ2n) is 9.61. The van der Waals surface area contributed by atoms with Crippen LogP contribution in [0.4, 0.5) is 14.6 Å². The van der Waals surface area contributed by atoms with Crippen LogP contribution < -0.4 is 15.2 Å². The molecule has 0 spiro atoms. The molecule has 0 radical (unpaired) electrons. The number of piperidine rings is 1. The number of amides is 1. The molecule has 1 aromatic carbocycles. The topological polar surface area (TPSA) is 108 Å². The Kier molecular flexibility index (Phi) is 6.38. The minimum absolute atomic E-state index is 0.310. The first-order valence-corrected chi connectivity index (χ1v) is 13.8. The highest BCUT2D eigenvalue weighted by Crippen LogP contribution is 2.50. The summed E-state index contributed by atoms with van der Waals surface area (Å²) in [7, 11) is 0. The lowest BCUT2D eigenvalue weighted by atomic mass is 9.93. The monoisotopic (exact) mass is 594 g/mol. The lowest BCUT2D eigenvalue weighted by Gasteiger charge is -2.32. The Bertz CT molecular complexity index is 1320. The number of halogens is 3. The summed E-state index contributed by atoms with van der Waals surface area (Å²) < 4.78 is 40.7. The van der Waals surface area contributed by atoms with Crippen molar-refractivity contribution in [2.45, 2.75) is 48.2 Å². The van der Waals surface area contributed by atoms with E-state index in [0.717, 1.165) is 28.6 Å². The first-order valence-electron chi connectivity index (χ1n) is 12.2. The zero-order chi connectivity index (χ0) is 25.7. The number of alkyl halides is 2. The molecule has 5 aliphatic rings. The summed E-state index contributed by atoms with van der Waals surface area (Å²) in [6.45, 7) is 2.74. The number of hydrogen-bond donors (Lipinski definition) is 1. The fourth-order valence-electron chi connectivity index (χ4n) is 4.83. The molecule has 1 aromatic rings. The van der Waals surface area contributed by atoms with Gasteiger partial charge < -0.3 is 24.7 Å². The second-order valence-corrected chi connectivity index (χ2v) is 11.5. The number of nitrogen functional groups attached to an aromatic ring is 1. The number of anilines is 1. The molecule has 1 saturated heterocycles. The maximum atomic E-state index is 13.3. The van der Waals surface area contributed by atoms with Gasteiger partial charge in [0.1, 0.15) is 19.1 Å². The third-order valence-corrected chi connectivity index (χ3v) is 8.94. The number of hydrogen-bond acceptors (Lipinski definition) is 8. The van der Waals surface area contributed by atoms with Gasteiger partial charge in [0.15, 0.2) is 34.0 Å². The average molecular weight is 595 g/mol. The Morgan fingerprint density at radius 1 is 1.19 bits per heavy atom. The van der Waals surface area contributed by atoms with E-state index in [0.29, 0.717) is 72.8 Å². The quantitative estimate of drug-likeness (QED) is 0.449. The van der Waals surface area contributed by atoms with Crippen LogP contribution in [-0.2, 0) is 11.3 Å². The van der Waals surface area contributed by atoms with Gasteiger partial charge in [-0.05, 0) is 65.0 Å². The van der Waals surface area contributed by atoms with Gasteiger partial charge in [-0.15, -0.1) is 0 Å². The van der Waals surface area contributed by atoms with Crippen molar-refractivity contribution in [3.8, 4) is 23.0 Å². The van der Waals surface area contributed by atoms with E-state index in [4.69, 9.17) is 20.2 Å². The Morgan fingerprint density at radius 3 is 2.59 bits per heavy atom. The standard InChI is InChI=1S/C24H25BrF2N6O3S/c25-15-9-16-17(36-8-7-35-16)10-18(15)37-23-30-19-20(28)29-12-33(21(19)31-23)6-3-13-1-4-32(5-2-13)22(34)14-11-24(14,26)27/h9-10,12-14H,1-8,11,28H2. The molecular formula is C24H25BrF2N6O3S. The van der Waals surface area contributed by atoms with Gasteiger partial charge in [0.25, 0.3) is 5.92 Å². The Labute approximate surface area is 224 Å². The summed E-state index contributed by atoms with van der Waals surface area (Å²) in [5.41, 5.74) is 6.66. The summed E-state index contributed by atoms with van der Waals surface area (Å²) in [5, 5.41) is 0.546. The molecule has 1 unspecified atom stereocenters. The SMILES string of the molecule is Nc1ncn(CCC2CCN(C(=O)C3CC3(F)F)CC2)c2nc(Sc3cc4c(cc3Br)OCCO4)nc1-2. The van der Waals surface area contributed by atoms with Crippen molar-refractivity contribution >= 4 is 39.4 Å². The number of fused-ring (bicyclic) bond motifs is 2. The summed E-state index contributed by atoms with van der Waals surface area (Å²) in [6, 6.07) is 3.78. The van der Waals surface area contributed by atoms with Crippen LogP contribution >= 0.6 is 27.7 Å². The van der Waals surface area contributed by atoms with E-state index in [1.54, 1.807) is 11.2 Å². The molecule has 6 rings (SSSR count). The fourth-order valence-corrected chi connectivity index (χ4v) is 6.18. The normalized spacial score (nSPS) is 20.8. The van der Waals surface area contributed by atoms with Crippen molar-refractivity contribution in [2.24, 2.45) is 11.8 Å². The maximum Gasteiger partial charge on any atom is 0.260 e. The molecular weight excluding hydrogens is 570 g/mol. The molecule has 9 nitrogen and oxygen atoms in total. The molecule has 2 N–H and O–H groups in total. The molecule has 1 amide bonds.